The third-order valence-corrected chi connectivity index (χ3v) is 7.37. The number of aliphatic hydroxyl groups is 1. The quantitative estimate of drug-likeness (QED) is 0.435. The maximum atomic E-state index is 9.91. The van der Waals surface area contributed by atoms with Crippen LogP contribution >= 0.6 is 17.1 Å². The Hall–Kier alpha value is 1.13. The van der Waals surface area contributed by atoms with E-state index in [1.807, 2.05) is 13.8 Å². The van der Waals surface area contributed by atoms with Crippen molar-refractivity contribution in [3.63, 3.8) is 0 Å². The molecule has 0 aromatic carbocycles. The van der Waals surface area contributed by atoms with Crippen molar-refractivity contribution >= 4 is 28.9 Å². The summed E-state index contributed by atoms with van der Waals surface area (Å²) in [5.74, 6) is 0.562. The average molecular weight is 338 g/mol. The van der Waals surface area contributed by atoms with Crippen LogP contribution in [0.5, 0.6) is 0 Å². The van der Waals surface area contributed by atoms with Gasteiger partial charge in [0.2, 0.25) is 5.69 Å². The first-order valence-electron chi connectivity index (χ1n) is 5.74. The Labute approximate surface area is 126 Å². The van der Waals surface area contributed by atoms with E-state index >= 15 is 0 Å². The van der Waals surface area contributed by atoms with Crippen LogP contribution < -0.4 is 12.4 Å². The minimum Gasteiger partial charge on any atom is -1.00 e. The number of likely N-dealkylation sites (N-methyl/N-ethyl adjacent to an activating group) is 1. The van der Waals surface area contributed by atoms with Crippen LogP contribution in [0.3, 0.4) is 0 Å². The van der Waals surface area contributed by atoms with E-state index in [0.717, 1.165) is 4.48 Å². The zero-order valence-electron chi connectivity index (χ0n) is 11.8. The van der Waals surface area contributed by atoms with Gasteiger partial charge in [0.15, 0.2) is 0 Å². The molecule has 0 aromatic heterocycles. The van der Waals surface area contributed by atoms with Gasteiger partial charge in [0.05, 0.1) is 34.4 Å². The van der Waals surface area contributed by atoms with Gasteiger partial charge in [-0.3, -0.25) is 0 Å². The smallest absolute Gasteiger partial charge is 0.247 e. The van der Waals surface area contributed by atoms with Crippen molar-refractivity contribution in [1.29, 1.82) is 0 Å². The molecule has 0 fully saturated rings. The lowest BCUT2D eigenvalue weighted by Gasteiger charge is -2.27. The predicted octanol–water partition coefficient (Wildman–Crippen LogP) is -0.912. The Bertz CT molecular complexity index is 254. The van der Waals surface area contributed by atoms with Gasteiger partial charge in [-0.15, -0.1) is 0 Å². The minimum atomic E-state index is -2.26. The first-order valence-corrected chi connectivity index (χ1v) is 9.97. The van der Waals surface area contributed by atoms with Crippen molar-refractivity contribution in [2.75, 3.05) is 46.7 Å². The fourth-order valence-corrected chi connectivity index (χ4v) is 5.93. The highest BCUT2D eigenvalue weighted by Gasteiger charge is 2.23. The molecule has 0 rings (SSSR count). The molecular formula is C10H25ClNO3PS2. The van der Waals surface area contributed by atoms with Crippen LogP contribution in [0.15, 0.2) is 0 Å². The highest BCUT2D eigenvalue weighted by Crippen LogP contribution is 2.60. The molecule has 0 amide bonds. The molecule has 0 aliphatic carbocycles. The first kappa shape index (κ1) is 21.4. The number of quaternary nitrogens is 1. The van der Waals surface area contributed by atoms with E-state index in [1.165, 1.54) is 11.4 Å². The van der Waals surface area contributed by atoms with E-state index in [9.17, 15) is 5.11 Å². The first-order chi connectivity index (χ1) is 7.72. The molecule has 0 heterocycles. The number of hydrogen-bond donors (Lipinski definition) is 1. The normalized spacial score (nSPS) is 14.1. The molecular weight excluding hydrogens is 313 g/mol. The van der Waals surface area contributed by atoms with E-state index in [0.29, 0.717) is 25.5 Å². The van der Waals surface area contributed by atoms with Gasteiger partial charge < -0.3 is 31.0 Å². The zero-order chi connectivity index (χ0) is 13.5. The summed E-state index contributed by atoms with van der Waals surface area (Å²) in [4.78, 5) is 0. The van der Waals surface area contributed by atoms with E-state index in [-0.39, 0.29) is 18.5 Å². The van der Waals surface area contributed by atoms with Crippen LogP contribution in [-0.4, -0.2) is 62.3 Å². The molecule has 0 aliphatic rings. The molecule has 0 spiro atoms. The molecule has 0 saturated heterocycles. The van der Waals surface area contributed by atoms with Crippen LogP contribution in [0, 0.1) is 0 Å². The summed E-state index contributed by atoms with van der Waals surface area (Å²) >= 11 is 6.82. The fourth-order valence-electron chi connectivity index (χ4n) is 1.29. The topological polar surface area (TPSA) is 38.7 Å². The van der Waals surface area contributed by atoms with Crippen molar-refractivity contribution < 1.29 is 31.0 Å². The van der Waals surface area contributed by atoms with Gasteiger partial charge in [-0.25, -0.2) is 0 Å². The van der Waals surface area contributed by atoms with Gasteiger partial charge >= 0.3 is 0 Å². The number of aliphatic hydroxyl groups excluding tert-OH is 1. The van der Waals surface area contributed by atoms with E-state index in [1.54, 1.807) is 0 Å². The van der Waals surface area contributed by atoms with Gasteiger partial charge in [-0.2, -0.15) is 0 Å². The molecule has 0 saturated carbocycles. The van der Waals surface area contributed by atoms with Gasteiger partial charge in [0, 0.05) is 5.75 Å². The van der Waals surface area contributed by atoms with Crippen molar-refractivity contribution in [3.8, 4) is 0 Å². The van der Waals surface area contributed by atoms with Crippen LogP contribution in [-0.2, 0) is 20.9 Å². The molecule has 8 heteroatoms. The van der Waals surface area contributed by atoms with Gasteiger partial charge in [-0.1, -0.05) is 11.4 Å². The van der Waals surface area contributed by atoms with Gasteiger partial charge in [0.1, 0.15) is 12.6 Å². The lowest BCUT2D eigenvalue weighted by Crippen LogP contribution is -3.00. The highest BCUT2D eigenvalue weighted by atomic mass is 35.5. The van der Waals surface area contributed by atoms with E-state index < -0.39 is 5.69 Å². The second-order valence-electron chi connectivity index (χ2n) is 4.71. The molecule has 0 aliphatic heterocycles. The average Bonchev–Trinajstić information content (AvgIpc) is 2.13. The number of rotatable bonds is 9. The van der Waals surface area contributed by atoms with Crippen molar-refractivity contribution in [3.05, 3.63) is 0 Å². The molecule has 18 heavy (non-hydrogen) atoms. The number of nitrogens with zero attached hydrogens (tertiary/aromatic N) is 1. The van der Waals surface area contributed by atoms with Gasteiger partial charge in [-0.05, 0) is 25.7 Å². The highest BCUT2D eigenvalue weighted by molar-refractivity contribution is 8.67. The third kappa shape index (κ3) is 11.0. The largest absolute Gasteiger partial charge is 1.00 e. The Morgan fingerprint density at radius 2 is 1.67 bits per heavy atom. The molecule has 0 aromatic rings. The summed E-state index contributed by atoms with van der Waals surface area (Å²) in [7, 11) is 6.15. The maximum absolute atomic E-state index is 9.91. The van der Waals surface area contributed by atoms with Crippen LogP contribution in [0.2, 0.25) is 0 Å². The summed E-state index contributed by atoms with van der Waals surface area (Å²) in [6, 6.07) is 0. The molecule has 1 unspecified atom stereocenters. The summed E-state index contributed by atoms with van der Waals surface area (Å²) in [6.45, 7) is 5.61. The molecule has 112 valence electrons. The molecule has 4 nitrogen and oxygen atoms in total. The third-order valence-electron chi connectivity index (χ3n) is 1.76. The SMILES string of the molecule is CCOP(=S)(OCC)SCC(O)C[N+](C)(C)C.[Cl-]. The standard InChI is InChI=1S/C10H25NO3PS2.ClH/c1-6-13-15(16,14-7-2)17-9-10(12)8-11(3,4)5;/h10,12H,6-9H2,1-5H3;1H/q+1;/p-1. The molecule has 0 radical (unpaired) electrons. The second kappa shape index (κ2) is 9.94. The maximum Gasteiger partial charge on any atom is 0.247 e. The lowest BCUT2D eigenvalue weighted by molar-refractivity contribution is -0.873. The fraction of sp³-hybridized carbons (Fsp3) is 1.00. The molecule has 1 N–H and O–H groups in total. The van der Waals surface area contributed by atoms with E-state index in [4.69, 9.17) is 20.9 Å². The summed E-state index contributed by atoms with van der Waals surface area (Å²) in [6.07, 6.45) is -0.386. The Morgan fingerprint density at radius 3 is 2.00 bits per heavy atom. The monoisotopic (exact) mass is 337 g/mol. The van der Waals surface area contributed by atoms with Crippen molar-refractivity contribution in [2.24, 2.45) is 0 Å². The molecule has 0 bridgehead atoms. The second-order valence-corrected chi connectivity index (χ2v) is 11.1. The van der Waals surface area contributed by atoms with Crippen LogP contribution in [0.25, 0.3) is 0 Å². The number of hydrogen-bond acceptors (Lipinski definition) is 5. The zero-order valence-corrected chi connectivity index (χ0v) is 15.0. The Balaban J connectivity index is 0. The molecule has 1 atom stereocenters. The van der Waals surface area contributed by atoms with Crippen molar-refractivity contribution in [1.82, 2.24) is 0 Å². The summed E-state index contributed by atoms with van der Waals surface area (Å²) in [5, 5.41) is 9.91. The van der Waals surface area contributed by atoms with Crippen molar-refractivity contribution in [2.45, 2.75) is 20.0 Å². The lowest BCUT2D eigenvalue weighted by atomic mass is 10.3. The number of halogens is 1. The summed E-state index contributed by atoms with van der Waals surface area (Å²) in [5.41, 5.74) is -2.26. The summed E-state index contributed by atoms with van der Waals surface area (Å²) < 4.78 is 11.7. The Morgan fingerprint density at radius 1 is 1.22 bits per heavy atom. The predicted molar refractivity (Wildman–Crippen MR) is 78.9 cm³/mol. The minimum absolute atomic E-state index is 0. The van der Waals surface area contributed by atoms with Crippen LogP contribution in [0.4, 0.5) is 0 Å². The Kier molecular flexibility index (Phi) is 11.8. The van der Waals surface area contributed by atoms with E-state index in [2.05, 4.69) is 21.1 Å². The van der Waals surface area contributed by atoms with Gasteiger partial charge in [0.25, 0.3) is 0 Å². The van der Waals surface area contributed by atoms with Crippen LogP contribution in [0.1, 0.15) is 13.8 Å².